The van der Waals surface area contributed by atoms with Crippen molar-refractivity contribution in [1.29, 1.82) is 0 Å². The molecule has 0 spiro atoms. The van der Waals surface area contributed by atoms with Crippen LogP contribution in [0.5, 0.6) is 17.2 Å². The van der Waals surface area contributed by atoms with E-state index in [9.17, 15) is 5.11 Å². The largest absolute Gasteiger partial charge is 0.493 e. The van der Waals surface area contributed by atoms with Crippen molar-refractivity contribution < 1.29 is 19.3 Å². The fourth-order valence-electron chi connectivity index (χ4n) is 4.07. The number of hydrogen-bond donors (Lipinski definition) is 1. The third kappa shape index (κ3) is 6.44. The minimum atomic E-state index is -0.854. The molecule has 1 N–H and O–H groups in total. The Bertz CT molecular complexity index is 1070. The molecule has 7 nitrogen and oxygen atoms in total. The summed E-state index contributed by atoms with van der Waals surface area (Å²) in [5.74, 6) is 2.06. The summed E-state index contributed by atoms with van der Waals surface area (Å²) >= 11 is 6.22. The maximum absolute atomic E-state index is 11.0. The van der Waals surface area contributed by atoms with Crippen LogP contribution in [-0.4, -0.2) is 58.8 Å². The van der Waals surface area contributed by atoms with E-state index >= 15 is 0 Å². The molecule has 0 radical (unpaired) electrons. The molecule has 1 aromatic heterocycles. The van der Waals surface area contributed by atoms with E-state index in [1.54, 1.807) is 13.3 Å². The zero-order chi connectivity index (χ0) is 24.0. The Morgan fingerprint density at radius 3 is 2.62 bits per heavy atom. The number of benzene rings is 2. The zero-order valence-electron chi connectivity index (χ0n) is 19.7. The Balaban J connectivity index is 1.27. The van der Waals surface area contributed by atoms with Gasteiger partial charge in [0.1, 0.15) is 24.6 Å². The van der Waals surface area contributed by atoms with Gasteiger partial charge >= 0.3 is 0 Å². The van der Waals surface area contributed by atoms with Gasteiger partial charge in [-0.05, 0) is 61.2 Å². The molecule has 0 bridgehead atoms. The van der Waals surface area contributed by atoms with Crippen molar-refractivity contribution in [1.82, 2.24) is 14.7 Å². The number of aliphatic hydroxyl groups is 1. The first-order valence-electron chi connectivity index (χ1n) is 11.5. The Hall–Kier alpha value is -2.74. The van der Waals surface area contributed by atoms with Gasteiger partial charge in [-0.1, -0.05) is 23.7 Å². The number of rotatable bonds is 10. The summed E-state index contributed by atoms with van der Waals surface area (Å²) in [7, 11) is 1.65. The molecule has 2 heterocycles. The van der Waals surface area contributed by atoms with Crippen LogP contribution in [0.1, 0.15) is 24.0 Å². The van der Waals surface area contributed by atoms with E-state index in [1.807, 2.05) is 54.2 Å². The van der Waals surface area contributed by atoms with Gasteiger partial charge in [-0.2, -0.15) is 5.10 Å². The van der Waals surface area contributed by atoms with Crippen molar-refractivity contribution in [3.63, 3.8) is 0 Å². The lowest BCUT2D eigenvalue weighted by molar-refractivity contribution is -0.0537. The van der Waals surface area contributed by atoms with Gasteiger partial charge in [0.15, 0.2) is 11.5 Å². The maximum Gasteiger partial charge on any atom is 0.161 e. The van der Waals surface area contributed by atoms with Crippen LogP contribution < -0.4 is 14.2 Å². The summed E-state index contributed by atoms with van der Waals surface area (Å²) in [6, 6.07) is 13.6. The number of piperidine rings is 1. The molecule has 0 atom stereocenters. The van der Waals surface area contributed by atoms with Gasteiger partial charge in [0.25, 0.3) is 0 Å². The van der Waals surface area contributed by atoms with Gasteiger partial charge in [0.05, 0.1) is 18.7 Å². The van der Waals surface area contributed by atoms with E-state index in [4.69, 9.17) is 25.8 Å². The molecule has 1 saturated heterocycles. The van der Waals surface area contributed by atoms with Gasteiger partial charge < -0.3 is 19.3 Å². The van der Waals surface area contributed by atoms with E-state index in [2.05, 4.69) is 16.1 Å². The van der Waals surface area contributed by atoms with Gasteiger partial charge in [-0.25, -0.2) is 0 Å². The molecule has 34 heavy (non-hydrogen) atoms. The highest BCUT2D eigenvalue weighted by Crippen LogP contribution is 2.31. The van der Waals surface area contributed by atoms with E-state index in [0.717, 1.165) is 42.3 Å². The summed E-state index contributed by atoms with van der Waals surface area (Å²) < 4.78 is 19.2. The Morgan fingerprint density at radius 2 is 1.88 bits per heavy atom. The molecule has 4 rings (SSSR count). The first-order valence-corrected chi connectivity index (χ1v) is 11.9. The van der Waals surface area contributed by atoms with Crippen LogP contribution in [0.3, 0.4) is 0 Å². The summed E-state index contributed by atoms with van der Waals surface area (Å²) in [5.41, 5.74) is 1.36. The molecule has 0 saturated carbocycles. The first kappa shape index (κ1) is 24.4. The van der Waals surface area contributed by atoms with Crippen LogP contribution >= 0.6 is 11.6 Å². The number of nitrogens with zero attached hydrogens (tertiary/aromatic N) is 3. The fourth-order valence-corrected chi connectivity index (χ4v) is 4.25. The van der Waals surface area contributed by atoms with Crippen molar-refractivity contribution >= 4 is 11.6 Å². The minimum absolute atomic E-state index is 0.238. The van der Waals surface area contributed by atoms with Crippen molar-refractivity contribution in [3.8, 4) is 17.2 Å². The standard InChI is InChI=1S/C26H32ClN3O4/c1-20-4-6-22(27)24(16-20)34-19-26(31)8-12-29(13-9-26)18-21-5-7-23(25(17-21)32-2)33-15-14-30-11-3-10-28-30/h3-7,10-11,16-17,31H,8-9,12-15,18-19H2,1-2H3. The molecule has 3 aromatic rings. The van der Waals surface area contributed by atoms with Crippen molar-refractivity contribution in [2.24, 2.45) is 0 Å². The summed E-state index contributed by atoms with van der Waals surface area (Å²) in [6.07, 6.45) is 4.95. The van der Waals surface area contributed by atoms with Gasteiger partial charge in [-0.3, -0.25) is 9.58 Å². The Morgan fingerprint density at radius 1 is 1.06 bits per heavy atom. The third-order valence-corrected chi connectivity index (χ3v) is 6.45. The molecular formula is C26H32ClN3O4. The van der Waals surface area contributed by atoms with E-state index in [-0.39, 0.29) is 6.61 Å². The molecule has 1 fully saturated rings. The molecule has 0 aliphatic carbocycles. The SMILES string of the molecule is COc1cc(CN2CCC(O)(COc3cc(C)ccc3Cl)CC2)ccc1OCCn1cccn1. The number of aromatic nitrogens is 2. The summed E-state index contributed by atoms with van der Waals surface area (Å²) in [5, 5.41) is 15.8. The molecule has 2 aromatic carbocycles. The quantitative estimate of drug-likeness (QED) is 0.460. The van der Waals surface area contributed by atoms with Crippen LogP contribution in [0.25, 0.3) is 0 Å². The molecule has 1 aliphatic rings. The van der Waals surface area contributed by atoms with Crippen LogP contribution in [-0.2, 0) is 13.1 Å². The highest BCUT2D eigenvalue weighted by atomic mass is 35.5. The third-order valence-electron chi connectivity index (χ3n) is 6.14. The molecule has 0 amide bonds. The van der Waals surface area contributed by atoms with Crippen LogP contribution in [0.15, 0.2) is 54.9 Å². The predicted molar refractivity (Wildman–Crippen MR) is 132 cm³/mol. The van der Waals surface area contributed by atoms with E-state index in [1.165, 1.54) is 0 Å². The number of hydrogen-bond acceptors (Lipinski definition) is 6. The second-order valence-corrected chi connectivity index (χ2v) is 9.23. The lowest BCUT2D eigenvalue weighted by atomic mass is 9.92. The van der Waals surface area contributed by atoms with Crippen LogP contribution in [0, 0.1) is 6.92 Å². The fraction of sp³-hybridized carbons (Fsp3) is 0.423. The second kappa shape index (κ2) is 11.1. The summed E-state index contributed by atoms with van der Waals surface area (Å²) in [4.78, 5) is 2.33. The molecule has 1 aliphatic heterocycles. The normalized spacial score (nSPS) is 15.8. The number of methoxy groups -OCH3 is 1. The number of likely N-dealkylation sites (tertiary alicyclic amines) is 1. The lowest BCUT2D eigenvalue weighted by Crippen LogP contribution is -2.47. The average molecular weight is 486 g/mol. The highest BCUT2D eigenvalue weighted by Gasteiger charge is 2.33. The van der Waals surface area contributed by atoms with Gasteiger partial charge in [0, 0.05) is 32.0 Å². The van der Waals surface area contributed by atoms with Gasteiger partial charge in [0.2, 0.25) is 0 Å². The second-order valence-electron chi connectivity index (χ2n) is 8.83. The predicted octanol–water partition coefficient (Wildman–Crippen LogP) is 4.34. The van der Waals surface area contributed by atoms with Crippen molar-refractivity contribution in [2.45, 2.75) is 38.5 Å². The molecular weight excluding hydrogens is 454 g/mol. The number of aryl methyl sites for hydroxylation is 1. The average Bonchev–Trinajstić information content (AvgIpc) is 3.36. The monoisotopic (exact) mass is 485 g/mol. The first-order chi connectivity index (χ1) is 16.4. The molecule has 0 unspecified atom stereocenters. The number of ether oxygens (including phenoxy) is 3. The lowest BCUT2D eigenvalue weighted by Gasteiger charge is -2.38. The van der Waals surface area contributed by atoms with Crippen LogP contribution in [0.4, 0.5) is 0 Å². The Labute approximate surface area is 205 Å². The van der Waals surface area contributed by atoms with Crippen LogP contribution in [0.2, 0.25) is 5.02 Å². The molecule has 8 heteroatoms. The van der Waals surface area contributed by atoms with E-state index in [0.29, 0.717) is 36.8 Å². The molecule has 182 valence electrons. The van der Waals surface area contributed by atoms with E-state index < -0.39 is 5.60 Å². The zero-order valence-corrected chi connectivity index (χ0v) is 20.5. The smallest absolute Gasteiger partial charge is 0.161 e. The Kier molecular flexibility index (Phi) is 7.98. The number of halogens is 1. The maximum atomic E-state index is 11.0. The topological polar surface area (TPSA) is 69.0 Å². The minimum Gasteiger partial charge on any atom is -0.493 e. The van der Waals surface area contributed by atoms with Crippen molar-refractivity contribution in [3.05, 3.63) is 71.0 Å². The highest BCUT2D eigenvalue weighted by molar-refractivity contribution is 6.32. The van der Waals surface area contributed by atoms with Gasteiger partial charge in [-0.15, -0.1) is 0 Å². The summed E-state index contributed by atoms with van der Waals surface area (Å²) in [6.45, 7) is 5.77. The van der Waals surface area contributed by atoms with Crippen molar-refractivity contribution in [2.75, 3.05) is 33.4 Å².